The third-order valence-electron chi connectivity index (χ3n) is 1.37. The standard InChI is InChI=1S/C8H8ClN3O2/c1-14-6(13)3-2-5-4-11-8(10)7(9)12-5/h2-4H,1H3,(H2,10,11). The number of esters is 1. The van der Waals surface area contributed by atoms with Gasteiger partial charge in [-0.25, -0.2) is 14.8 Å². The Morgan fingerprint density at radius 3 is 3.00 bits per heavy atom. The second-order valence-electron chi connectivity index (χ2n) is 2.33. The Balaban J connectivity index is 2.83. The molecule has 0 radical (unpaired) electrons. The molecule has 6 heteroatoms. The highest BCUT2D eigenvalue weighted by Crippen LogP contribution is 2.12. The number of hydrogen-bond donors (Lipinski definition) is 1. The average molecular weight is 214 g/mol. The molecule has 0 bridgehead atoms. The second-order valence-corrected chi connectivity index (χ2v) is 2.69. The zero-order valence-corrected chi connectivity index (χ0v) is 8.15. The molecule has 0 saturated heterocycles. The molecule has 0 unspecified atom stereocenters. The van der Waals surface area contributed by atoms with E-state index < -0.39 is 5.97 Å². The minimum atomic E-state index is -0.472. The fourth-order valence-corrected chi connectivity index (χ4v) is 0.837. The van der Waals surface area contributed by atoms with Crippen LogP contribution in [0.2, 0.25) is 5.15 Å². The van der Waals surface area contributed by atoms with Gasteiger partial charge in [0, 0.05) is 6.08 Å². The van der Waals surface area contributed by atoms with Crippen LogP contribution in [0.25, 0.3) is 6.08 Å². The first-order valence-corrected chi connectivity index (χ1v) is 4.05. The summed E-state index contributed by atoms with van der Waals surface area (Å²) in [6.07, 6.45) is 4.06. The minimum absolute atomic E-state index is 0.108. The molecular weight excluding hydrogens is 206 g/mol. The van der Waals surface area contributed by atoms with Crippen LogP contribution in [-0.2, 0) is 9.53 Å². The van der Waals surface area contributed by atoms with Gasteiger partial charge in [-0.05, 0) is 6.08 Å². The summed E-state index contributed by atoms with van der Waals surface area (Å²) in [5.74, 6) is -0.318. The molecule has 1 aromatic rings. The molecule has 0 aromatic carbocycles. The van der Waals surface area contributed by atoms with E-state index in [0.717, 1.165) is 0 Å². The summed E-state index contributed by atoms with van der Waals surface area (Å²) in [4.78, 5) is 18.3. The SMILES string of the molecule is COC(=O)C=Cc1cnc(N)c(Cl)n1. The number of anilines is 1. The van der Waals surface area contributed by atoms with Gasteiger partial charge >= 0.3 is 5.97 Å². The quantitative estimate of drug-likeness (QED) is 0.583. The lowest BCUT2D eigenvalue weighted by atomic mass is 10.4. The summed E-state index contributed by atoms with van der Waals surface area (Å²) in [6, 6.07) is 0. The molecule has 0 atom stereocenters. The molecule has 0 aliphatic heterocycles. The summed E-state index contributed by atoms with van der Waals surface area (Å²) in [6.45, 7) is 0. The van der Waals surface area contributed by atoms with Gasteiger partial charge in [0.2, 0.25) is 0 Å². The highest BCUT2D eigenvalue weighted by Gasteiger charge is 1.99. The van der Waals surface area contributed by atoms with Crippen molar-refractivity contribution in [3.8, 4) is 0 Å². The van der Waals surface area contributed by atoms with Crippen LogP contribution in [-0.4, -0.2) is 23.0 Å². The van der Waals surface area contributed by atoms with Crippen molar-refractivity contribution in [2.24, 2.45) is 0 Å². The molecule has 1 aromatic heterocycles. The molecule has 0 spiro atoms. The topological polar surface area (TPSA) is 78.1 Å². The smallest absolute Gasteiger partial charge is 0.330 e. The fraction of sp³-hybridized carbons (Fsp3) is 0.125. The van der Waals surface area contributed by atoms with E-state index >= 15 is 0 Å². The van der Waals surface area contributed by atoms with E-state index in [9.17, 15) is 4.79 Å². The first kappa shape index (κ1) is 10.5. The first-order chi connectivity index (χ1) is 6.63. The molecule has 0 fully saturated rings. The number of carbonyl (C=O) groups excluding carboxylic acids is 1. The van der Waals surface area contributed by atoms with Gasteiger partial charge in [0.25, 0.3) is 0 Å². The number of aromatic nitrogens is 2. The Kier molecular flexibility index (Phi) is 3.41. The number of ether oxygens (including phenoxy) is 1. The van der Waals surface area contributed by atoms with Gasteiger partial charge in [0.1, 0.15) is 0 Å². The van der Waals surface area contributed by atoms with Crippen LogP contribution in [0, 0.1) is 0 Å². The molecule has 1 rings (SSSR count). The zero-order valence-electron chi connectivity index (χ0n) is 7.40. The lowest BCUT2D eigenvalue weighted by molar-refractivity contribution is -0.134. The van der Waals surface area contributed by atoms with E-state index in [1.807, 2.05) is 0 Å². The lowest BCUT2D eigenvalue weighted by Crippen LogP contribution is -1.96. The van der Waals surface area contributed by atoms with Gasteiger partial charge in [-0.15, -0.1) is 0 Å². The van der Waals surface area contributed by atoms with Crippen molar-refractivity contribution in [3.63, 3.8) is 0 Å². The molecule has 0 saturated carbocycles. The number of carbonyl (C=O) groups is 1. The largest absolute Gasteiger partial charge is 0.466 e. The van der Waals surface area contributed by atoms with Crippen LogP contribution < -0.4 is 5.73 Å². The molecule has 2 N–H and O–H groups in total. The highest BCUT2D eigenvalue weighted by molar-refractivity contribution is 6.31. The van der Waals surface area contributed by atoms with Crippen LogP contribution in [0.1, 0.15) is 5.69 Å². The number of hydrogen-bond acceptors (Lipinski definition) is 5. The van der Waals surface area contributed by atoms with Gasteiger partial charge < -0.3 is 10.5 Å². The summed E-state index contributed by atoms with van der Waals surface area (Å²) >= 11 is 5.61. The van der Waals surface area contributed by atoms with Crippen molar-refractivity contribution in [1.82, 2.24) is 9.97 Å². The number of rotatable bonds is 2. The van der Waals surface area contributed by atoms with Gasteiger partial charge in [-0.3, -0.25) is 0 Å². The predicted molar refractivity (Wildman–Crippen MR) is 52.5 cm³/mol. The number of nitrogen functional groups attached to an aromatic ring is 1. The van der Waals surface area contributed by atoms with Crippen molar-refractivity contribution in [1.29, 1.82) is 0 Å². The van der Waals surface area contributed by atoms with Gasteiger partial charge in [0.05, 0.1) is 19.0 Å². The van der Waals surface area contributed by atoms with Crippen molar-refractivity contribution >= 4 is 29.5 Å². The maximum Gasteiger partial charge on any atom is 0.330 e. The Morgan fingerprint density at radius 2 is 2.43 bits per heavy atom. The van der Waals surface area contributed by atoms with Crippen molar-refractivity contribution in [2.75, 3.05) is 12.8 Å². The Bertz CT molecular complexity index is 379. The third kappa shape index (κ3) is 2.70. The Labute approximate surface area is 85.6 Å². The first-order valence-electron chi connectivity index (χ1n) is 3.67. The van der Waals surface area contributed by atoms with E-state index in [2.05, 4.69) is 14.7 Å². The summed E-state index contributed by atoms with van der Waals surface area (Å²) < 4.78 is 4.39. The number of nitrogens with two attached hydrogens (primary N) is 1. The summed E-state index contributed by atoms with van der Waals surface area (Å²) in [5.41, 5.74) is 5.79. The number of methoxy groups -OCH3 is 1. The van der Waals surface area contributed by atoms with Crippen molar-refractivity contribution in [3.05, 3.63) is 23.1 Å². The van der Waals surface area contributed by atoms with E-state index in [1.165, 1.54) is 25.5 Å². The van der Waals surface area contributed by atoms with Gasteiger partial charge in [0.15, 0.2) is 11.0 Å². The maximum atomic E-state index is 10.7. The molecule has 0 amide bonds. The molecule has 1 heterocycles. The molecule has 0 aliphatic rings. The second kappa shape index (κ2) is 4.57. The van der Waals surface area contributed by atoms with Crippen molar-refractivity contribution < 1.29 is 9.53 Å². The molecule has 74 valence electrons. The molecule has 0 aliphatic carbocycles. The average Bonchev–Trinajstić information content (AvgIpc) is 2.19. The Morgan fingerprint density at radius 1 is 1.71 bits per heavy atom. The lowest BCUT2D eigenvalue weighted by Gasteiger charge is -1.96. The molecule has 5 nitrogen and oxygen atoms in total. The maximum absolute atomic E-state index is 10.7. The number of nitrogens with zero attached hydrogens (tertiary/aromatic N) is 2. The monoisotopic (exact) mass is 213 g/mol. The van der Waals surface area contributed by atoms with E-state index in [-0.39, 0.29) is 11.0 Å². The van der Waals surface area contributed by atoms with E-state index in [4.69, 9.17) is 17.3 Å². The summed E-state index contributed by atoms with van der Waals surface area (Å²) in [5, 5.41) is 0.108. The number of halogens is 1. The third-order valence-corrected chi connectivity index (χ3v) is 1.64. The Hall–Kier alpha value is -1.62. The predicted octanol–water partition coefficient (Wildman–Crippen LogP) is 0.898. The molecule has 14 heavy (non-hydrogen) atoms. The van der Waals surface area contributed by atoms with Crippen molar-refractivity contribution in [2.45, 2.75) is 0 Å². The van der Waals surface area contributed by atoms with E-state index in [1.54, 1.807) is 0 Å². The normalized spacial score (nSPS) is 10.4. The van der Waals surface area contributed by atoms with Crippen LogP contribution in [0.3, 0.4) is 0 Å². The van der Waals surface area contributed by atoms with Crippen LogP contribution in [0.4, 0.5) is 5.82 Å². The summed E-state index contributed by atoms with van der Waals surface area (Å²) in [7, 11) is 1.29. The van der Waals surface area contributed by atoms with Gasteiger partial charge in [-0.1, -0.05) is 11.6 Å². The zero-order chi connectivity index (χ0) is 10.6. The van der Waals surface area contributed by atoms with Gasteiger partial charge in [-0.2, -0.15) is 0 Å². The van der Waals surface area contributed by atoms with E-state index in [0.29, 0.717) is 5.69 Å². The fourth-order valence-electron chi connectivity index (χ4n) is 0.690. The van der Waals surface area contributed by atoms with Crippen LogP contribution in [0.5, 0.6) is 0 Å². The van der Waals surface area contributed by atoms with Crippen LogP contribution >= 0.6 is 11.6 Å². The highest BCUT2D eigenvalue weighted by atomic mass is 35.5. The van der Waals surface area contributed by atoms with Crippen LogP contribution in [0.15, 0.2) is 12.3 Å². The minimum Gasteiger partial charge on any atom is -0.466 e. The molecular formula is C8H8ClN3O2.